The Labute approximate surface area is 165 Å². The van der Waals surface area contributed by atoms with E-state index in [4.69, 9.17) is 9.98 Å². The van der Waals surface area contributed by atoms with Gasteiger partial charge in [-0.1, -0.05) is 63.1 Å². The van der Waals surface area contributed by atoms with E-state index in [9.17, 15) is 0 Å². The predicted octanol–water partition coefficient (Wildman–Crippen LogP) is 5.42. The van der Waals surface area contributed by atoms with Crippen molar-refractivity contribution < 1.29 is 0 Å². The molecule has 0 aliphatic heterocycles. The molecule has 27 heavy (non-hydrogen) atoms. The van der Waals surface area contributed by atoms with Crippen LogP contribution in [-0.2, 0) is 13.1 Å². The lowest BCUT2D eigenvalue weighted by molar-refractivity contribution is 0.551. The van der Waals surface area contributed by atoms with E-state index in [0.717, 1.165) is 60.6 Å². The molecular weight excluding hydrogens is 352 g/mol. The number of hydrogen-bond donors (Lipinski definition) is 0. The summed E-state index contributed by atoms with van der Waals surface area (Å²) in [4.78, 5) is 10.9. The molecule has 1 aromatic heterocycles. The fourth-order valence-corrected chi connectivity index (χ4v) is 3.85. The second kappa shape index (κ2) is 10.1. The molecule has 0 aliphatic rings. The lowest BCUT2D eigenvalue weighted by atomic mass is 10.3. The summed E-state index contributed by atoms with van der Waals surface area (Å²) in [6.07, 6.45) is 4.56. The Kier molecular flexibility index (Phi) is 7.22. The highest BCUT2D eigenvalue weighted by Crippen LogP contribution is 2.11. The molecule has 142 valence electrons. The number of benzene rings is 2. The Morgan fingerprint density at radius 3 is 1.89 bits per heavy atom. The van der Waals surface area contributed by atoms with Crippen molar-refractivity contribution in [2.45, 2.75) is 52.6 Å². The number of aryl methyl sites for hydroxylation is 1. The molecule has 0 fully saturated rings. The summed E-state index contributed by atoms with van der Waals surface area (Å²) < 4.78 is 4.58. The molecule has 1 heterocycles. The smallest absolute Gasteiger partial charge is 0.222 e. The van der Waals surface area contributed by atoms with Crippen molar-refractivity contribution in [3.05, 3.63) is 71.1 Å². The molecule has 0 saturated heterocycles. The molecule has 0 amide bonds. The van der Waals surface area contributed by atoms with Gasteiger partial charge in [-0.2, -0.15) is 0 Å². The largest absolute Gasteiger partial charge is 0.286 e. The van der Waals surface area contributed by atoms with E-state index in [2.05, 4.69) is 34.5 Å². The van der Waals surface area contributed by atoms with Crippen molar-refractivity contribution in [3.63, 3.8) is 0 Å². The standard InChI is InChI=1S/C22H28N4S/c1-3-5-17-25-21(23-19-13-9-7-10-14-19)26(18-6-4-2)27-22(25)24-20-15-11-8-12-16-20/h7-16H,3-6,17-18H2,1-2H3. The van der Waals surface area contributed by atoms with Crippen LogP contribution in [0.25, 0.3) is 0 Å². The molecule has 0 radical (unpaired) electrons. The fraction of sp³-hybridized carbons (Fsp3) is 0.364. The Balaban J connectivity index is 2.18. The fourth-order valence-electron chi connectivity index (χ4n) is 2.80. The average molecular weight is 381 g/mol. The van der Waals surface area contributed by atoms with Crippen molar-refractivity contribution in [3.8, 4) is 0 Å². The second-order valence-corrected chi connectivity index (χ2v) is 7.52. The summed E-state index contributed by atoms with van der Waals surface area (Å²) in [7, 11) is 0. The Hall–Kier alpha value is -2.40. The van der Waals surface area contributed by atoms with Crippen LogP contribution in [0.1, 0.15) is 39.5 Å². The van der Waals surface area contributed by atoms with Crippen LogP contribution in [0.3, 0.4) is 0 Å². The molecular formula is C22H28N4S. The van der Waals surface area contributed by atoms with Crippen molar-refractivity contribution in [2.24, 2.45) is 9.98 Å². The van der Waals surface area contributed by atoms with Gasteiger partial charge in [0.15, 0.2) is 0 Å². The summed E-state index contributed by atoms with van der Waals surface area (Å²) in [5, 5.41) is 0. The van der Waals surface area contributed by atoms with Gasteiger partial charge < -0.3 is 0 Å². The van der Waals surface area contributed by atoms with Gasteiger partial charge in [0.2, 0.25) is 10.4 Å². The second-order valence-electron chi connectivity index (χ2n) is 6.53. The molecule has 3 aromatic rings. The van der Waals surface area contributed by atoms with E-state index in [1.165, 1.54) is 0 Å². The maximum absolute atomic E-state index is 4.99. The predicted molar refractivity (Wildman–Crippen MR) is 113 cm³/mol. The normalized spacial score (nSPS) is 12.7. The van der Waals surface area contributed by atoms with E-state index in [0.29, 0.717) is 0 Å². The number of unbranched alkanes of at least 4 members (excludes halogenated alkanes) is 2. The van der Waals surface area contributed by atoms with Gasteiger partial charge in [0.1, 0.15) is 0 Å². The van der Waals surface area contributed by atoms with Gasteiger partial charge in [-0.05, 0) is 48.6 Å². The maximum Gasteiger partial charge on any atom is 0.222 e. The third kappa shape index (κ3) is 5.30. The van der Waals surface area contributed by atoms with E-state index in [-0.39, 0.29) is 0 Å². The number of para-hydroxylation sites is 2. The van der Waals surface area contributed by atoms with Crippen LogP contribution in [0.4, 0.5) is 11.4 Å². The topological polar surface area (TPSA) is 34.6 Å². The molecule has 2 aromatic carbocycles. The van der Waals surface area contributed by atoms with Crippen LogP contribution in [0.15, 0.2) is 70.6 Å². The van der Waals surface area contributed by atoms with E-state index in [1.54, 1.807) is 11.5 Å². The Morgan fingerprint density at radius 1 is 0.741 bits per heavy atom. The zero-order chi connectivity index (χ0) is 18.9. The summed E-state index contributed by atoms with van der Waals surface area (Å²) in [5.74, 6) is 0. The molecule has 0 N–H and O–H groups in total. The highest BCUT2D eigenvalue weighted by molar-refractivity contribution is 7.03. The van der Waals surface area contributed by atoms with Crippen LogP contribution < -0.4 is 10.4 Å². The van der Waals surface area contributed by atoms with Crippen molar-refractivity contribution in [1.82, 2.24) is 8.52 Å². The highest BCUT2D eigenvalue weighted by Gasteiger charge is 2.08. The Bertz CT molecular complexity index is 949. The van der Waals surface area contributed by atoms with Crippen molar-refractivity contribution >= 4 is 22.9 Å². The molecule has 0 saturated carbocycles. The summed E-state index contributed by atoms with van der Waals surface area (Å²) in [6, 6.07) is 20.4. The molecule has 0 bridgehead atoms. The molecule has 3 rings (SSSR count). The first-order valence-corrected chi connectivity index (χ1v) is 10.6. The van der Waals surface area contributed by atoms with E-state index < -0.39 is 0 Å². The van der Waals surface area contributed by atoms with Crippen LogP contribution in [0.5, 0.6) is 0 Å². The van der Waals surface area contributed by atoms with Crippen molar-refractivity contribution in [2.75, 3.05) is 0 Å². The molecule has 5 heteroatoms. The van der Waals surface area contributed by atoms with Crippen molar-refractivity contribution in [1.29, 1.82) is 0 Å². The minimum atomic E-state index is 0.934. The van der Waals surface area contributed by atoms with Gasteiger partial charge in [0.25, 0.3) is 0 Å². The van der Waals surface area contributed by atoms with Gasteiger partial charge in [0, 0.05) is 13.1 Å². The molecule has 0 spiro atoms. The van der Waals surface area contributed by atoms with E-state index >= 15 is 0 Å². The van der Waals surface area contributed by atoms with Crippen LogP contribution in [-0.4, -0.2) is 8.52 Å². The third-order valence-corrected chi connectivity index (χ3v) is 5.34. The summed E-state index contributed by atoms with van der Waals surface area (Å²) >= 11 is 1.71. The minimum absolute atomic E-state index is 0.934. The first-order chi connectivity index (χ1) is 13.3. The summed E-state index contributed by atoms with van der Waals surface area (Å²) in [6.45, 7) is 6.36. The lowest BCUT2D eigenvalue weighted by Crippen LogP contribution is -2.30. The number of aromatic nitrogens is 2. The number of nitrogens with zero attached hydrogens (tertiary/aromatic N) is 4. The van der Waals surface area contributed by atoms with Gasteiger partial charge >= 0.3 is 0 Å². The zero-order valence-corrected chi connectivity index (χ0v) is 17.0. The maximum atomic E-state index is 4.99. The zero-order valence-electron chi connectivity index (χ0n) is 16.2. The first kappa shape index (κ1) is 19.4. The third-order valence-electron chi connectivity index (χ3n) is 4.30. The number of hydrogen-bond acceptors (Lipinski definition) is 3. The monoisotopic (exact) mass is 380 g/mol. The molecule has 0 aliphatic carbocycles. The Morgan fingerprint density at radius 2 is 1.30 bits per heavy atom. The SMILES string of the molecule is CCCCn1sc(=Nc2ccccc2)n(CCCC)c1=Nc1ccccc1. The van der Waals surface area contributed by atoms with Crippen LogP contribution in [0, 0.1) is 0 Å². The average Bonchev–Trinajstić information content (AvgIpc) is 3.02. The van der Waals surface area contributed by atoms with Gasteiger partial charge in [-0.25, -0.2) is 9.98 Å². The van der Waals surface area contributed by atoms with E-state index in [1.807, 2.05) is 48.5 Å². The lowest BCUT2D eigenvalue weighted by Gasteiger charge is -2.04. The molecule has 4 nitrogen and oxygen atoms in total. The molecule has 0 atom stereocenters. The quantitative estimate of drug-likeness (QED) is 0.500. The van der Waals surface area contributed by atoms with Gasteiger partial charge in [-0.3, -0.25) is 8.52 Å². The first-order valence-electron chi connectivity index (χ1n) is 9.82. The summed E-state index contributed by atoms with van der Waals surface area (Å²) in [5.41, 5.74) is 2.97. The number of rotatable bonds is 8. The van der Waals surface area contributed by atoms with Gasteiger partial charge in [-0.15, -0.1) is 0 Å². The van der Waals surface area contributed by atoms with Crippen LogP contribution >= 0.6 is 11.5 Å². The van der Waals surface area contributed by atoms with Gasteiger partial charge in [0.05, 0.1) is 11.4 Å². The molecule has 0 unspecified atom stereocenters. The van der Waals surface area contributed by atoms with Crippen LogP contribution in [0.2, 0.25) is 0 Å². The minimum Gasteiger partial charge on any atom is -0.286 e. The highest BCUT2D eigenvalue weighted by atomic mass is 32.1.